The predicted octanol–water partition coefficient (Wildman–Crippen LogP) is 5.41. The molecule has 0 aliphatic carbocycles. The van der Waals surface area contributed by atoms with E-state index in [0.717, 1.165) is 50.4 Å². The van der Waals surface area contributed by atoms with Gasteiger partial charge in [-0.05, 0) is 30.7 Å². The molecule has 6 nitrogen and oxygen atoms in total. The number of fused-ring (bicyclic) bond motifs is 1. The van der Waals surface area contributed by atoms with Crippen LogP contribution in [0, 0.1) is 12.7 Å². The number of rotatable bonds is 5. The van der Waals surface area contributed by atoms with Gasteiger partial charge in [-0.1, -0.05) is 36.9 Å². The number of aryl methyl sites for hydroxylation is 1. The van der Waals surface area contributed by atoms with Crippen molar-refractivity contribution in [2.45, 2.75) is 6.92 Å². The summed E-state index contributed by atoms with van der Waals surface area (Å²) in [5, 5.41) is 15.3. The highest BCUT2D eigenvalue weighted by Crippen LogP contribution is 2.34. The maximum absolute atomic E-state index is 14.5. The lowest BCUT2D eigenvalue weighted by molar-refractivity contribution is 0.624. The van der Waals surface area contributed by atoms with Crippen LogP contribution in [0.1, 0.15) is 16.8 Å². The SMILES string of the molecule is C=C/C=C(/c1ccccc1F)c1cc(-c2n[nH]c3cnc(-c4cn[nH]c4)cc23)[nH]c1C. The Morgan fingerprint density at radius 3 is 2.77 bits per heavy atom. The van der Waals surface area contributed by atoms with Crippen LogP contribution in [-0.2, 0) is 0 Å². The predicted molar refractivity (Wildman–Crippen MR) is 120 cm³/mol. The van der Waals surface area contributed by atoms with Crippen molar-refractivity contribution in [3.63, 3.8) is 0 Å². The molecule has 4 heterocycles. The normalized spacial score (nSPS) is 11.9. The molecule has 0 amide bonds. The fourth-order valence-electron chi connectivity index (χ4n) is 3.76. The molecular weight excluding hydrogens is 391 g/mol. The minimum atomic E-state index is -0.279. The molecule has 3 N–H and O–H groups in total. The monoisotopic (exact) mass is 410 g/mol. The number of halogens is 1. The van der Waals surface area contributed by atoms with Crippen LogP contribution < -0.4 is 0 Å². The van der Waals surface area contributed by atoms with E-state index in [4.69, 9.17) is 0 Å². The number of hydrogen-bond donors (Lipinski definition) is 3. The van der Waals surface area contributed by atoms with Crippen molar-refractivity contribution in [3.8, 4) is 22.6 Å². The molecule has 0 saturated heterocycles. The van der Waals surface area contributed by atoms with Crippen molar-refractivity contribution in [1.82, 2.24) is 30.4 Å². The Labute approximate surface area is 177 Å². The molecule has 0 aliphatic heterocycles. The molecule has 0 bridgehead atoms. The van der Waals surface area contributed by atoms with E-state index < -0.39 is 0 Å². The maximum atomic E-state index is 14.5. The Bertz CT molecular complexity index is 1420. The highest BCUT2D eigenvalue weighted by Gasteiger charge is 2.18. The second-order valence-electron chi connectivity index (χ2n) is 7.19. The molecule has 0 saturated carbocycles. The van der Waals surface area contributed by atoms with Gasteiger partial charge in [0.2, 0.25) is 0 Å². The minimum absolute atomic E-state index is 0.279. The lowest BCUT2D eigenvalue weighted by atomic mass is 9.97. The minimum Gasteiger partial charge on any atom is -0.357 e. The molecular formula is C24H19FN6. The zero-order chi connectivity index (χ0) is 21.4. The van der Waals surface area contributed by atoms with E-state index >= 15 is 0 Å². The van der Waals surface area contributed by atoms with Crippen molar-refractivity contribution in [2.24, 2.45) is 0 Å². The number of pyridine rings is 1. The molecule has 0 unspecified atom stereocenters. The molecule has 31 heavy (non-hydrogen) atoms. The molecule has 5 rings (SSSR count). The first kappa shape index (κ1) is 18.7. The summed E-state index contributed by atoms with van der Waals surface area (Å²) >= 11 is 0. The van der Waals surface area contributed by atoms with E-state index in [9.17, 15) is 4.39 Å². The van der Waals surface area contributed by atoms with Gasteiger partial charge in [-0.3, -0.25) is 15.2 Å². The summed E-state index contributed by atoms with van der Waals surface area (Å²) in [5.41, 5.74) is 7.19. The van der Waals surface area contributed by atoms with E-state index in [1.165, 1.54) is 6.07 Å². The van der Waals surface area contributed by atoms with E-state index in [0.29, 0.717) is 5.56 Å². The Morgan fingerprint density at radius 2 is 2.00 bits per heavy atom. The fourth-order valence-corrected chi connectivity index (χ4v) is 3.76. The van der Waals surface area contributed by atoms with E-state index in [1.807, 2.05) is 31.2 Å². The Hall–Kier alpha value is -4.26. The van der Waals surface area contributed by atoms with E-state index in [2.05, 4.69) is 36.9 Å². The van der Waals surface area contributed by atoms with Gasteiger partial charge in [-0.25, -0.2) is 4.39 Å². The third-order valence-electron chi connectivity index (χ3n) is 5.25. The quantitative estimate of drug-likeness (QED) is 0.339. The molecule has 152 valence electrons. The standard InChI is InChI=1S/C24H19FN6/c1-3-6-16(17-7-4-5-8-20(17)25)18-9-22(29-14(18)2)24-19-10-21(15-11-27-28-12-15)26-13-23(19)30-31-24/h3-13,29H,1H2,2H3,(H,27,28)(H,30,31)/b16-6-. The topological polar surface area (TPSA) is 86.0 Å². The van der Waals surface area contributed by atoms with Gasteiger partial charge < -0.3 is 4.98 Å². The number of allylic oxidation sites excluding steroid dienone is 2. The number of benzene rings is 1. The van der Waals surface area contributed by atoms with E-state index in [1.54, 1.807) is 36.8 Å². The van der Waals surface area contributed by atoms with Crippen LogP contribution in [0.15, 0.2) is 73.7 Å². The molecule has 0 atom stereocenters. The molecule has 0 aliphatic rings. The van der Waals surface area contributed by atoms with Gasteiger partial charge in [0.1, 0.15) is 11.5 Å². The molecule has 5 aromatic rings. The number of aromatic nitrogens is 6. The van der Waals surface area contributed by atoms with Gasteiger partial charge >= 0.3 is 0 Å². The van der Waals surface area contributed by atoms with Crippen LogP contribution in [0.25, 0.3) is 39.1 Å². The third kappa shape index (κ3) is 3.26. The van der Waals surface area contributed by atoms with Gasteiger partial charge in [-0.15, -0.1) is 0 Å². The summed E-state index contributed by atoms with van der Waals surface area (Å²) in [6.07, 6.45) is 8.77. The van der Waals surface area contributed by atoms with Gasteiger partial charge in [0, 0.05) is 34.0 Å². The second-order valence-corrected chi connectivity index (χ2v) is 7.19. The van der Waals surface area contributed by atoms with Crippen LogP contribution in [0.4, 0.5) is 4.39 Å². The van der Waals surface area contributed by atoms with Crippen molar-refractivity contribution in [3.05, 3.63) is 96.4 Å². The maximum Gasteiger partial charge on any atom is 0.131 e. The van der Waals surface area contributed by atoms with Crippen molar-refractivity contribution < 1.29 is 4.39 Å². The van der Waals surface area contributed by atoms with Gasteiger partial charge in [0.25, 0.3) is 0 Å². The highest BCUT2D eigenvalue weighted by atomic mass is 19.1. The lowest BCUT2D eigenvalue weighted by Gasteiger charge is -2.08. The van der Waals surface area contributed by atoms with Crippen molar-refractivity contribution in [1.29, 1.82) is 0 Å². The summed E-state index contributed by atoms with van der Waals surface area (Å²) in [6.45, 7) is 5.76. The van der Waals surface area contributed by atoms with Gasteiger partial charge in [-0.2, -0.15) is 10.2 Å². The van der Waals surface area contributed by atoms with Crippen LogP contribution in [0.3, 0.4) is 0 Å². The number of H-pyrrole nitrogens is 3. The fraction of sp³-hybridized carbons (Fsp3) is 0.0417. The summed E-state index contributed by atoms with van der Waals surface area (Å²) in [7, 11) is 0. The summed E-state index contributed by atoms with van der Waals surface area (Å²) in [5.74, 6) is -0.279. The average Bonchev–Trinajstić information content (AvgIpc) is 3.52. The highest BCUT2D eigenvalue weighted by molar-refractivity contribution is 5.95. The molecule has 0 radical (unpaired) electrons. The molecule has 1 aromatic carbocycles. The Morgan fingerprint density at radius 1 is 1.13 bits per heavy atom. The van der Waals surface area contributed by atoms with E-state index in [-0.39, 0.29) is 5.82 Å². The zero-order valence-electron chi connectivity index (χ0n) is 16.8. The summed E-state index contributed by atoms with van der Waals surface area (Å²) < 4.78 is 14.5. The second kappa shape index (κ2) is 7.53. The number of hydrogen-bond acceptors (Lipinski definition) is 3. The Balaban J connectivity index is 1.63. The van der Waals surface area contributed by atoms with Crippen molar-refractivity contribution >= 4 is 16.5 Å². The van der Waals surface area contributed by atoms with Crippen molar-refractivity contribution in [2.75, 3.05) is 0 Å². The van der Waals surface area contributed by atoms with Crippen LogP contribution in [0.2, 0.25) is 0 Å². The first-order chi connectivity index (χ1) is 15.2. The average molecular weight is 410 g/mol. The van der Waals surface area contributed by atoms with Crippen LogP contribution >= 0.6 is 0 Å². The van der Waals surface area contributed by atoms with Crippen LogP contribution in [-0.4, -0.2) is 30.4 Å². The largest absolute Gasteiger partial charge is 0.357 e. The molecule has 0 fully saturated rings. The number of nitrogens with one attached hydrogen (secondary N) is 3. The molecule has 0 spiro atoms. The lowest BCUT2D eigenvalue weighted by Crippen LogP contribution is -1.92. The first-order valence-electron chi connectivity index (χ1n) is 9.77. The summed E-state index contributed by atoms with van der Waals surface area (Å²) in [4.78, 5) is 7.88. The van der Waals surface area contributed by atoms with Crippen LogP contribution in [0.5, 0.6) is 0 Å². The number of aromatic amines is 3. The first-order valence-corrected chi connectivity index (χ1v) is 9.77. The Kier molecular flexibility index (Phi) is 4.55. The summed E-state index contributed by atoms with van der Waals surface area (Å²) in [6, 6.07) is 10.7. The van der Waals surface area contributed by atoms with Gasteiger partial charge in [0.15, 0.2) is 0 Å². The third-order valence-corrected chi connectivity index (χ3v) is 5.25. The molecule has 7 heteroatoms. The smallest absolute Gasteiger partial charge is 0.131 e. The number of nitrogens with zero attached hydrogens (tertiary/aromatic N) is 3. The van der Waals surface area contributed by atoms with Gasteiger partial charge in [0.05, 0.1) is 29.3 Å². The molecule has 4 aromatic heterocycles. The zero-order valence-corrected chi connectivity index (χ0v) is 16.8.